The average Bonchev–Trinajstić information content (AvgIpc) is 3.69. The maximum atomic E-state index is 15.7. The van der Waals surface area contributed by atoms with Crippen LogP contribution in [0.2, 0.25) is 30.7 Å². The number of methoxy groups -OCH3 is 1. The van der Waals surface area contributed by atoms with Gasteiger partial charge in [-0.1, -0.05) is 49.1 Å². The number of halogens is 3. The Bertz CT molecular complexity index is 1510. The highest BCUT2D eigenvalue weighted by molar-refractivity contribution is 8.15. The first-order valence-electron chi connectivity index (χ1n) is 14.6. The van der Waals surface area contributed by atoms with E-state index in [-0.39, 0.29) is 23.2 Å². The molecule has 1 fully saturated rings. The Morgan fingerprint density at radius 2 is 1.93 bits per heavy atom. The van der Waals surface area contributed by atoms with Crippen molar-refractivity contribution < 1.29 is 32.6 Å². The van der Waals surface area contributed by atoms with Crippen molar-refractivity contribution >= 4 is 60.6 Å². The Balaban J connectivity index is 1.78. The topological polar surface area (TPSA) is 90.3 Å². The van der Waals surface area contributed by atoms with E-state index >= 15 is 8.78 Å². The molecule has 13 heteroatoms. The summed E-state index contributed by atoms with van der Waals surface area (Å²) < 4.78 is 46.6. The number of hydrogen-bond donors (Lipinski definition) is 0. The van der Waals surface area contributed by atoms with Gasteiger partial charge in [0.1, 0.15) is 28.7 Å². The molecule has 1 aromatic carbocycles. The zero-order chi connectivity index (χ0) is 33.4. The Morgan fingerprint density at radius 1 is 1.22 bits per heavy atom. The summed E-state index contributed by atoms with van der Waals surface area (Å²) in [6.07, 6.45) is 2.19. The molecule has 0 spiro atoms. The van der Waals surface area contributed by atoms with Crippen LogP contribution in [0.15, 0.2) is 41.5 Å². The van der Waals surface area contributed by atoms with Gasteiger partial charge in [0.05, 0.1) is 23.4 Å². The lowest BCUT2D eigenvalue weighted by Gasteiger charge is -2.37. The van der Waals surface area contributed by atoms with Crippen LogP contribution in [0, 0.1) is 11.7 Å². The number of hydrogen-bond acceptors (Lipinski definition) is 8. The fraction of sp³-hybridized carbons (Fsp3) is 0.500. The summed E-state index contributed by atoms with van der Waals surface area (Å²) in [5.41, 5.74) is -1.57. The lowest BCUT2D eigenvalue weighted by molar-refractivity contribution is -0.141. The van der Waals surface area contributed by atoms with Crippen molar-refractivity contribution in [3.8, 4) is 0 Å². The molecule has 0 unspecified atom stereocenters. The molecule has 0 bridgehead atoms. The number of benzene rings is 1. The fourth-order valence-electron chi connectivity index (χ4n) is 5.07. The van der Waals surface area contributed by atoms with Gasteiger partial charge in [0.25, 0.3) is 0 Å². The third-order valence-electron chi connectivity index (χ3n) is 7.58. The highest BCUT2D eigenvalue weighted by atomic mass is 35.5. The number of thioether (sulfide) groups is 1. The van der Waals surface area contributed by atoms with Crippen LogP contribution in [0.3, 0.4) is 0 Å². The van der Waals surface area contributed by atoms with Crippen molar-refractivity contribution in [1.82, 2.24) is 9.88 Å². The molecule has 3 atom stereocenters. The monoisotopic (exact) mass is 679 g/mol. The third kappa shape index (κ3) is 8.14. The fourth-order valence-corrected chi connectivity index (χ4v) is 7.53. The maximum absolute atomic E-state index is 15.7. The summed E-state index contributed by atoms with van der Waals surface area (Å²) in [5.74, 6) is -2.19. The molecule has 45 heavy (non-hydrogen) atoms. The smallest absolute Gasteiger partial charge is 0.418 e. The molecule has 4 rings (SSSR count). The Hall–Kier alpha value is -2.80. The van der Waals surface area contributed by atoms with Crippen LogP contribution in [-0.4, -0.2) is 66.0 Å². The molecule has 2 aliphatic rings. The number of nitrogens with zero attached hydrogens (tertiary/aromatic N) is 3. The van der Waals surface area contributed by atoms with Gasteiger partial charge in [0.2, 0.25) is 0 Å². The highest BCUT2D eigenvalue weighted by Crippen LogP contribution is 2.67. The van der Waals surface area contributed by atoms with Crippen molar-refractivity contribution in [3.63, 3.8) is 0 Å². The number of pyridine rings is 1. The number of carbonyl (C=O) groups is 2. The van der Waals surface area contributed by atoms with Crippen LogP contribution < -0.4 is 0 Å². The zero-order valence-corrected chi connectivity index (χ0v) is 29.4. The van der Waals surface area contributed by atoms with E-state index in [0.29, 0.717) is 23.6 Å². The minimum atomic E-state index is -1.42. The normalized spacial score (nSPS) is 23.1. The van der Waals surface area contributed by atoms with Crippen molar-refractivity contribution in [2.24, 2.45) is 10.9 Å². The van der Waals surface area contributed by atoms with E-state index in [9.17, 15) is 9.59 Å². The van der Waals surface area contributed by atoms with Crippen molar-refractivity contribution in [3.05, 3.63) is 64.2 Å². The predicted molar refractivity (Wildman–Crippen MR) is 177 cm³/mol. The van der Waals surface area contributed by atoms with Crippen molar-refractivity contribution in [2.75, 3.05) is 20.4 Å². The molecule has 2 heterocycles. The quantitative estimate of drug-likeness (QED) is 0.114. The number of ether oxygens (including phenoxy) is 3. The van der Waals surface area contributed by atoms with Crippen LogP contribution in [-0.2, 0) is 24.5 Å². The first-order valence-corrected chi connectivity index (χ1v) is 19.5. The molecule has 8 nitrogen and oxygen atoms in total. The lowest BCUT2D eigenvalue weighted by atomic mass is 9.84. The van der Waals surface area contributed by atoms with Crippen molar-refractivity contribution in [2.45, 2.75) is 75.7 Å². The molecule has 244 valence electrons. The molecule has 1 amide bonds. The summed E-state index contributed by atoms with van der Waals surface area (Å²) >= 11 is 6.98. The largest absolute Gasteiger partial charge is 0.468 e. The highest BCUT2D eigenvalue weighted by Gasteiger charge is 2.72. The van der Waals surface area contributed by atoms with Crippen LogP contribution in [0.4, 0.5) is 13.6 Å². The summed E-state index contributed by atoms with van der Waals surface area (Å²) in [6, 6.07) is 8.02. The standard InChI is InChI=1S/C32H40ClF2N3O5SSi/c1-30(2,3)43-29(40)38(19-42-13-14-45(6,7)8)28-37-31(4,26-17-32(26,44-28)27(39)41-5)22-15-20(9-11-23(22)34)16-24(35)25-12-10-21(33)18-36-25/h9-12,15-16,18,26H,13-14,17,19H2,1-8H3/b24-16-/t26-,31+,32-/m0/s1. The summed E-state index contributed by atoms with van der Waals surface area (Å²) in [5, 5.41) is 0.517. The second kappa shape index (κ2) is 13.1. The van der Waals surface area contributed by atoms with Crippen molar-refractivity contribution in [1.29, 1.82) is 0 Å². The average molecular weight is 680 g/mol. The molecule has 1 aromatic heterocycles. The maximum Gasteiger partial charge on any atom is 0.418 e. The van der Waals surface area contributed by atoms with Crippen LogP contribution in [0.1, 0.15) is 50.9 Å². The van der Waals surface area contributed by atoms with E-state index in [2.05, 4.69) is 24.6 Å². The molecule has 0 N–H and O–H groups in total. The van der Waals surface area contributed by atoms with E-state index in [1.807, 2.05) is 0 Å². The van der Waals surface area contributed by atoms with Gasteiger partial charge in [-0.15, -0.1) is 0 Å². The summed E-state index contributed by atoms with van der Waals surface area (Å²) in [7, 11) is -0.132. The van der Waals surface area contributed by atoms with E-state index in [4.69, 9.17) is 30.8 Å². The number of carbonyl (C=O) groups excluding carboxylic acids is 2. The Labute approximate surface area is 273 Å². The first kappa shape index (κ1) is 35.1. The Kier molecular flexibility index (Phi) is 10.2. The Morgan fingerprint density at radius 3 is 2.53 bits per heavy atom. The molecule has 1 aliphatic carbocycles. The van der Waals surface area contributed by atoms with E-state index in [1.165, 1.54) is 54.6 Å². The van der Waals surface area contributed by atoms with E-state index < -0.39 is 53.6 Å². The van der Waals surface area contributed by atoms with E-state index in [1.54, 1.807) is 27.7 Å². The lowest BCUT2D eigenvalue weighted by Crippen LogP contribution is -2.47. The molecule has 1 aliphatic heterocycles. The second-order valence-corrected chi connectivity index (χ2v) is 21.0. The minimum absolute atomic E-state index is 0.0693. The van der Waals surface area contributed by atoms with Gasteiger partial charge in [0.15, 0.2) is 5.17 Å². The van der Waals surface area contributed by atoms with Gasteiger partial charge in [-0.3, -0.25) is 14.8 Å². The number of rotatable bonds is 9. The van der Waals surface area contributed by atoms with Gasteiger partial charge < -0.3 is 14.2 Å². The van der Waals surface area contributed by atoms with Gasteiger partial charge in [-0.2, -0.15) is 0 Å². The summed E-state index contributed by atoms with van der Waals surface area (Å²) in [6.45, 7) is 13.9. The molecule has 2 aromatic rings. The first-order chi connectivity index (χ1) is 20.9. The summed E-state index contributed by atoms with van der Waals surface area (Å²) in [4.78, 5) is 37.0. The number of aromatic nitrogens is 1. The number of amides is 1. The molecular weight excluding hydrogens is 640 g/mol. The van der Waals surface area contributed by atoms with Gasteiger partial charge in [-0.25, -0.2) is 18.5 Å². The van der Waals surface area contributed by atoms with Gasteiger partial charge in [-0.05, 0) is 76.1 Å². The van der Waals surface area contributed by atoms with Crippen LogP contribution >= 0.6 is 23.4 Å². The van der Waals surface area contributed by atoms with Gasteiger partial charge >= 0.3 is 12.1 Å². The van der Waals surface area contributed by atoms with E-state index in [0.717, 1.165) is 17.8 Å². The number of amidine groups is 1. The molecule has 1 saturated carbocycles. The van der Waals surface area contributed by atoms with Crippen LogP contribution in [0.5, 0.6) is 0 Å². The zero-order valence-electron chi connectivity index (χ0n) is 26.9. The number of fused-ring (bicyclic) bond motifs is 1. The number of esters is 1. The minimum Gasteiger partial charge on any atom is -0.468 e. The molecular formula is C32H40ClF2N3O5SSi. The van der Waals surface area contributed by atoms with Gasteiger partial charge in [0, 0.05) is 32.4 Å². The number of aliphatic imine (C=N–C) groups is 1. The predicted octanol–water partition coefficient (Wildman–Crippen LogP) is 8.14. The molecule has 0 saturated heterocycles. The SMILES string of the molecule is COC(=O)[C@]12C[C@H]1[C@@](C)(c1cc(/C=C(\F)c3ccc(Cl)cn3)ccc1F)N=C(N(COCC[Si](C)(C)C)C(=O)OC(C)(C)C)S2. The molecule has 0 radical (unpaired) electrons. The second-order valence-electron chi connectivity index (χ2n) is 13.6. The van der Waals surface area contributed by atoms with Crippen LogP contribution in [0.25, 0.3) is 11.9 Å². The third-order valence-corrected chi connectivity index (χ3v) is 11.0.